The van der Waals surface area contributed by atoms with Gasteiger partial charge in [0.25, 0.3) is 5.92 Å². The molecule has 0 saturated carbocycles. The SMILES string of the molecule is CC1(C)Oc2cc3c(cc2O1)C(c1c(F)cc(NC2CCN(CCCF)C2)cc1F)N(CC(F)(F)CO)CC3. The molecular weight excluding hydrogens is 521 g/mol. The lowest BCUT2D eigenvalue weighted by atomic mass is 9.86. The number of anilines is 1. The van der Waals surface area contributed by atoms with E-state index in [1.165, 1.54) is 17.0 Å². The van der Waals surface area contributed by atoms with E-state index in [0.29, 0.717) is 43.0 Å². The Balaban J connectivity index is 1.47. The smallest absolute Gasteiger partial charge is 0.283 e. The van der Waals surface area contributed by atoms with Gasteiger partial charge in [-0.25, -0.2) is 17.6 Å². The van der Waals surface area contributed by atoms with Crippen LogP contribution in [-0.2, 0) is 6.42 Å². The number of aliphatic hydroxyl groups excluding tert-OH is 1. The van der Waals surface area contributed by atoms with Crippen LogP contribution in [0, 0.1) is 11.6 Å². The number of ether oxygens (including phenoxy) is 2. The van der Waals surface area contributed by atoms with Gasteiger partial charge in [0.15, 0.2) is 11.5 Å². The number of halogens is 5. The summed E-state index contributed by atoms with van der Waals surface area (Å²) in [4.78, 5) is 3.40. The second-order valence-corrected chi connectivity index (χ2v) is 11.1. The Hall–Kier alpha value is -2.63. The van der Waals surface area contributed by atoms with Crippen molar-refractivity contribution >= 4 is 5.69 Å². The highest BCUT2D eigenvalue weighted by Gasteiger charge is 2.41. The van der Waals surface area contributed by atoms with Crippen LogP contribution in [-0.4, -0.2) is 78.7 Å². The van der Waals surface area contributed by atoms with Crippen LogP contribution in [0.15, 0.2) is 24.3 Å². The number of rotatable bonds is 9. The molecule has 6 nitrogen and oxygen atoms in total. The molecule has 5 rings (SSSR count). The minimum absolute atomic E-state index is 0.0486. The fourth-order valence-corrected chi connectivity index (χ4v) is 5.85. The quantitative estimate of drug-likeness (QED) is 0.430. The van der Waals surface area contributed by atoms with Gasteiger partial charge in [0.1, 0.15) is 18.2 Å². The van der Waals surface area contributed by atoms with E-state index >= 15 is 8.78 Å². The molecule has 0 aromatic heterocycles. The monoisotopic (exact) mass is 555 g/mol. The Bertz CT molecular complexity index is 1190. The fourth-order valence-electron chi connectivity index (χ4n) is 5.85. The first-order valence-corrected chi connectivity index (χ1v) is 13.3. The number of hydrogen-bond acceptors (Lipinski definition) is 6. The van der Waals surface area contributed by atoms with Crippen LogP contribution in [0.1, 0.15) is 49.4 Å². The third-order valence-electron chi connectivity index (χ3n) is 7.51. The van der Waals surface area contributed by atoms with Crippen molar-refractivity contribution in [3.8, 4) is 11.5 Å². The highest BCUT2D eigenvalue weighted by molar-refractivity contribution is 5.55. The summed E-state index contributed by atoms with van der Waals surface area (Å²) in [6.45, 7) is 2.94. The molecule has 0 spiro atoms. The molecule has 1 saturated heterocycles. The first kappa shape index (κ1) is 27.9. The molecular formula is C28H34F5N3O3. The van der Waals surface area contributed by atoms with E-state index in [1.807, 2.05) is 0 Å². The number of alkyl halides is 3. The Morgan fingerprint density at radius 2 is 1.77 bits per heavy atom. The van der Waals surface area contributed by atoms with Crippen LogP contribution in [0.3, 0.4) is 0 Å². The maximum absolute atomic E-state index is 15.7. The van der Waals surface area contributed by atoms with E-state index in [2.05, 4.69) is 10.2 Å². The molecule has 0 bridgehead atoms. The van der Waals surface area contributed by atoms with E-state index in [0.717, 1.165) is 18.5 Å². The summed E-state index contributed by atoms with van der Waals surface area (Å²) in [6, 6.07) is 4.52. The summed E-state index contributed by atoms with van der Waals surface area (Å²) in [6.07, 6.45) is 1.55. The van der Waals surface area contributed by atoms with Gasteiger partial charge in [-0.2, -0.15) is 0 Å². The molecule has 0 radical (unpaired) electrons. The van der Waals surface area contributed by atoms with Crippen molar-refractivity contribution in [1.29, 1.82) is 0 Å². The highest BCUT2D eigenvalue weighted by atomic mass is 19.3. The van der Waals surface area contributed by atoms with Crippen LogP contribution in [0.2, 0.25) is 0 Å². The Labute approximate surface area is 224 Å². The van der Waals surface area contributed by atoms with E-state index < -0.39 is 49.2 Å². The maximum atomic E-state index is 15.7. The van der Waals surface area contributed by atoms with Crippen molar-refractivity contribution in [2.24, 2.45) is 0 Å². The van der Waals surface area contributed by atoms with Crippen molar-refractivity contribution in [2.75, 3.05) is 51.3 Å². The van der Waals surface area contributed by atoms with Gasteiger partial charge in [-0.1, -0.05) is 0 Å². The lowest BCUT2D eigenvalue weighted by Crippen LogP contribution is -2.45. The molecule has 214 valence electrons. The second-order valence-electron chi connectivity index (χ2n) is 11.1. The predicted octanol–water partition coefficient (Wildman–Crippen LogP) is 4.89. The van der Waals surface area contributed by atoms with Gasteiger partial charge in [0, 0.05) is 57.3 Å². The van der Waals surface area contributed by atoms with E-state index in [4.69, 9.17) is 9.47 Å². The zero-order valence-corrected chi connectivity index (χ0v) is 22.1. The zero-order chi connectivity index (χ0) is 27.9. The first-order chi connectivity index (χ1) is 18.5. The Morgan fingerprint density at radius 3 is 2.44 bits per heavy atom. The van der Waals surface area contributed by atoms with Crippen LogP contribution >= 0.6 is 0 Å². The standard InChI is InChI=1S/C28H34F5N3O3/c1-27(2)38-23-10-17-4-9-36(15-28(32,33)16-37)26(20(17)13-24(23)39-27)25-21(30)11-19(12-22(25)31)34-18-5-8-35(14-18)7-3-6-29/h10-13,18,26,34,37H,3-9,14-16H2,1-2H3. The topological polar surface area (TPSA) is 57.2 Å². The lowest BCUT2D eigenvalue weighted by molar-refractivity contribution is -0.0790. The van der Waals surface area contributed by atoms with Crippen LogP contribution in [0.5, 0.6) is 11.5 Å². The summed E-state index contributed by atoms with van der Waals surface area (Å²) in [5.74, 6) is -5.26. The van der Waals surface area contributed by atoms with Crippen molar-refractivity contribution in [3.05, 3.63) is 52.6 Å². The molecule has 2 N–H and O–H groups in total. The van der Waals surface area contributed by atoms with Crippen molar-refractivity contribution in [2.45, 2.75) is 56.9 Å². The third-order valence-corrected chi connectivity index (χ3v) is 7.51. The van der Waals surface area contributed by atoms with E-state index in [9.17, 15) is 18.3 Å². The maximum Gasteiger partial charge on any atom is 0.283 e. The molecule has 0 aliphatic carbocycles. The molecule has 3 aliphatic rings. The molecule has 0 amide bonds. The van der Waals surface area contributed by atoms with Gasteiger partial charge in [-0.15, -0.1) is 0 Å². The molecule has 2 aromatic rings. The normalized spacial score (nSPS) is 22.8. The van der Waals surface area contributed by atoms with Gasteiger partial charge in [0.2, 0.25) is 5.79 Å². The number of nitrogens with one attached hydrogen (secondary N) is 1. The van der Waals surface area contributed by atoms with Gasteiger partial charge >= 0.3 is 0 Å². The minimum atomic E-state index is -3.46. The molecule has 2 unspecified atom stereocenters. The molecule has 2 atom stereocenters. The highest BCUT2D eigenvalue weighted by Crippen LogP contribution is 2.47. The van der Waals surface area contributed by atoms with E-state index in [-0.39, 0.29) is 23.8 Å². The summed E-state index contributed by atoms with van der Waals surface area (Å²) < 4.78 is 84.4. The molecule has 11 heteroatoms. The molecule has 1 fully saturated rings. The van der Waals surface area contributed by atoms with Crippen LogP contribution in [0.25, 0.3) is 0 Å². The zero-order valence-electron chi connectivity index (χ0n) is 22.1. The van der Waals surface area contributed by atoms with Gasteiger partial charge in [-0.3, -0.25) is 9.29 Å². The molecule has 2 aromatic carbocycles. The minimum Gasteiger partial charge on any atom is -0.449 e. The fraction of sp³-hybridized carbons (Fsp3) is 0.571. The predicted molar refractivity (Wildman–Crippen MR) is 136 cm³/mol. The number of aliphatic hydroxyl groups is 1. The number of hydrogen-bond donors (Lipinski definition) is 2. The number of nitrogens with zero attached hydrogens (tertiary/aromatic N) is 2. The van der Waals surface area contributed by atoms with E-state index in [1.54, 1.807) is 26.0 Å². The van der Waals surface area contributed by atoms with Gasteiger partial charge < -0.3 is 24.8 Å². The molecule has 39 heavy (non-hydrogen) atoms. The Morgan fingerprint density at radius 1 is 1.08 bits per heavy atom. The molecule has 3 heterocycles. The second kappa shape index (κ2) is 10.7. The average Bonchev–Trinajstić information content (AvgIpc) is 3.43. The first-order valence-electron chi connectivity index (χ1n) is 13.3. The van der Waals surface area contributed by atoms with Crippen molar-refractivity contribution in [1.82, 2.24) is 9.80 Å². The van der Waals surface area contributed by atoms with Crippen LogP contribution < -0.4 is 14.8 Å². The summed E-state index contributed by atoms with van der Waals surface area (Å²) in [5.41, 5.74) is 1.09. The van der Waals surface area contributed by atoms with Crippen molar-refractivity contribution in [3.63, 3.8) is 0 Å². The number of fused-ring (bicyclic) bond motifs is 2. The number of benzene rings is 2. The van der Waals surface area contributed by atoms with Gasteiger partial charge in [-0.05, 0) is 54.7 Å². The van der Waals surface area contributed by atoms with Gasteiger partial charge in [0.05, 0.1) is 19.3 Å². The lowest BCUT2D eigenvalue weighted by Gasteiger charge is -2.39. The largest absolute Gasteiger partial charge is 0.449 e. The number of likely N-dealkylation sites (tertiary alicyclic amines) is 1. The average molecular weight is 556 g/mol. The summed E-state index contributed by atoms with van der Waals surface area (Å²) in [7, 11) is 0. The summed E-state index contributed by atoms with van der Waals surface area (Å²) in [5, 5.41) is 12.4. The summed E-state index contributed by atoms with van der Waals surface area (Å²) >= 11 is 0. The Kier molecular flexibility index (Phi) is 7.69. The van der Waals surface area contributed by atoms with Crippen LogP contribution in [0.4, 0.5) is 27.6 Å². The van der Waals surface area contributed by atoms with Crippen molar-refractivity contribution < 1.29 is 36.5 Å². The third kappa shape index (κ3) is 5.95. The molecule has 3 aliphatic heterocycles.